The van der Waals surface area contributed by atoms with E-state index in [0.29, 0.717) is 22.9 Å². The highest BCUT2D eigenvalue weighted by molar-refractivity contribution is 5.44. The van der Waals surface area contributed by atoms with E-state index in [0.717, 1.165) is 0 Å². The molecule has 0 aliphatic heterocycles. The van der Waals surface area contributed by atoms with Gasteiger partial charge in [0.05, 0.1) is 11.4 Å². The molecule has 0 saturated carbocycles. The molecule has 1 rings (SSSR count). The Balaban J connectivity index is 3.36. The maximum Gasteiger partial charge on any atom is 0.150 e. The van der Waals surface area contributed by atoms with Crippen LogP contribution in [0.15, 0.2) is 5.18 Å². The quantitative estimate of drug-likeness (QED) is 0.575. The molecular formula is C7H9N3O. The zero-order valence-electron chi connectivity index (χ0n) is 6.75. The fraction of sp³-hybridized carbons (Fsp3) is 0.429. The van der Waals surface area contributed by atoms with Crippen LogP contribution in [0.2, 0.25) is 0 Å². The van der Waals surface area contributed by atoms with E-state index in [2.05, 4.69) is 15.1 Å². The van der Waals surface area contributed by atoms with Crippen LogP contribution in [0, 0.1) is 25.7 Å². The largest absolute Gasteiger partial charge is 0.236 e. The van der Waals surface area contributed by atoms with Gasteiger partial charge in [0.2, 0.25) is 0 Å². The predicted molar refractivity (Wildman–Crippen MR) is 41.7 cm³/mol. The third-order valence-electron chi connectivity index (χ3n) is 1.44. The van der Waals surface area contributed by atoms with Crippen molar-refractivity contribution in [2.45, 2.75) is 20.8 Å². The van der Waals surface area contributed by atoms with Crippen molar-refractivity contribution in [2.75, 3.05) is 0 Å². The molecule has 0 spiro atoms. The Labute approximate surface area is 64.7 Å². The zero-order chi connectivity index (χ0) is 8.43. The van der Waals surface area contributed by atoms with Gasteiger partial charge in [-0.3, -0.25) is 0 Å². The molecule has 0 radical (unpaired) electrons. The summed E-state index contributed by atoms with van der Waals surface area (Å²) in [5.74, 6) is 0.674. The van der Waals surface area contributed by atoms with E-state index in [-0.39, 0.29) is 0 Å². The maximum atomic E-state index is 10.2. The molecule has 0 amide bonds. The first kappa shape index (κ1) is 7.78. The van der Waals surface area contributed by atoms with Crippen molar-refractivity contribution in [1.82, 2.24) is 9.97 Å². The Kier molecular flexibility index (Phi) is 1.94. The van der Waals surface area contributed by atoms with Crippen molar-refractivity contribution in [3.63, 3.8) is 0 Å². The summed E-state index contributed by atoms with van der Waals surface area (Å²) in [6.07, 6.45) is 0. The molecule has 4 nitrogen and oxygen atoms in total. The van der Waals surface area contributed by atoms with Crippen LogP contribution < -0.4 is 0 Å². The number of hydrogen-bond donors (Lipinski definition) is 0. The second-order valence-electron chi connectivity index (χ2n) is 2.38. The van der Waals surface area contributed by atoms with Gasteiger partial charge in [-0.1, -0.05) is 0 Å². The van der Waals surface area contributed by atoms with Crippen LogP contribution in [0.25, 0.3) is 0 Å². The fourth-order valence-electron chi connectivity index (χ4n) is 1.01. The summed E-state index contributed by atoms with van der Waals surface area (Å²) in [5, 5.41) is 2.84. The van der Waals surface area contributed by atoms with Crippen molar-refractivity contribution in [3.8, 4) is 0 Å². The first-order valence-corrected chi connectivity index (χ1v) is 3.30. The number of aryl methyl sites for hydroxylation is 3. The van der Waals surface area contributed by atoms with E-state index in [4.69, 9.17) is 0 Å². The Hall–Kier alpha value is -1.32. The van der Waals surface area contributed by atoms with Gasteiger partial charge >= 0.3 is 0 Å². The normalized spacial score (nSPS) is 9.73. The molecule has 0 N–H and O–H groups in total. The van der Waals surface area contributed by atoms with Gasteiger partial charge in [-0.15, -0.1) is 4.91 Å². The molecule has 0 aromatic carbocycles. The highest BCUT2D eigenvalue weighted by Crippen LogP contribution is 2.18. The van der Waals surface area contributed by atoms with Gasteiger partial charge < -0.3 is 0 Å². The van der Waals surface area contributed by atoms with Crippen molar-refractivity contribution in [2.24, 2.45) is 5.18 Å². The number of aromatic nitrogens is 2. The van der Waals surface area contributed by atoms with Gasteiger partial charge in [-0.2, -0.15) is 0 Å². The van der Waals surface area contributed by atoms with Crippen LogP contribution in [0.3, 0.4) is 0 Å². The van der Waals surface area contributed by atoms with Gasteiger partial charge in [0.15, 0.2) is 0 Å². The number of rotatable bonds is 1. The zero-order valence-corrected chi connectivity index (χ0v) is 6.75. The lowest BCUT2D eigenvalue weighted by Gasteiger charge is -2.00. The highest BCUT2D eigenvalue weighted by atomic mass is 16.3. The van der Waals surface area contributed by atoms with Crippen LogP contribution in [0.1, 0.15) is 17.2 Å². The SMILES string of the molecule is Cc1nc(C)c(N=O)c(C)n1. The molecule has 1 aromatic rings. The van der Waals surface area contributed by atoms with E-state index in [1.165, 1.54) is 0 Å². The third kappa shape index (κ3) is 1.39. The number of hydrogen-bond acceptors (Lipinski definition) is 4. The van der Waals surface area contributed by atoms with Crippen LogP contribution in [-0.2, 0) is 0 Å². The average Bonchev–Trinajstić information content (AvgIpc) is 1.85. The van der Waals surface area contributed by atoms with E-state index in [1.807, 2.05) is 0 Å². The van der Waals surface area contributed by atoms with Crippen molar-refractivity contribution in [3.05, 3.63) is 22.1 Å². The minimum Gasteiger partial charge on any atom is -0.236 e. The molecule has 1 heterocycles. The lowest BCUT2D eigenvalue weighted by Crippen LogP contribution is -1.94. The third-order valence-corrected chi connectivity index (χ3v) is 1.44. The smallest absolute Gasteiger partial charge is 0.150 e. The van der Waals surface area contributed by atoms with Crippen LogP contribution in [-0.4, -0.2) is 9.97 Å². The van der Waals surface area contributed by atoms with Crippen molar-refractivity contribution in [1.29, 1.82) is 0 Å². The van der Waals surface area contributed by atoms with E-state index in [9.17, 15) is 4.91 Å². The Morgan fingerprint density at radius 3 is 1.91 bits per heavy atom. The van der Waals surface area contributed by atoms with Gasteiger partial charge in [0.1, 0.15) is 11.5 Å². The predicted octanol–water partition coefficient (Wildman–Crippen LogP) is 1.80. The Bertz CT molecular complexity index is 273. The molecule has 4 heteroatoms. The average molecular weight is 151 g/mol. The standard InChI is InChI=1S/C7H9N3O/c1-4-7(10-11)5(2)9-6(3)8-4/h1-3H3. The lowest BCUT2D eigenvalue weighted by atomic mass is 10.3. The van der Waals surface area contributed by atoms with Gasteiger partial charge in [-0.25, -0.2) is 9.97 Å². The topological polar surface area (TPSA) is 55.2 Å². The second kappa shape index (κ2) is 2.74. The molecule has 0 aliphatic rings. The number of nitroso groups, excluding NO2 is 1. The van der Waals surface area contributed by atoms with Crippen molar-refractivity contribution >= 4 is 5.69 Å². The Morgan fingerprint density at radius 1 is 1.09 bits per heavy atom. The molecular weight excluding hydrogens is 142 g/mol. The van der Waals surface area contributed by atoms with Crippen LogP contribution in [0.5, 0.6) is 0 Å². The van der Waals surface area contributed by atoms with E-state index >= 15 is 0 Å². The Morgan fingerprint density at radius 2 is 1.55 bits per heavy atom. The summed E-state index contributed by atoms with van der Waals surface area (Å²) in [6.45, 7) is 5.28. The molecule has 0 aliphatic carbocycles. The second-order valence-corrected chi connectivity index (χ2v) is 2.38. The summed E-state index contributed by atoms with van der Waals surface area (Å²) in [6, 6.07) is 0. The number of nitrogens with zero attached hydrogens (tertiary/aromatic N) is 3. The summed E-state index contributed by atoms with van der Waals surface area (Å²) in [7, 11) is 0. The molecule has 0 atom stereocenters. The molecule has 0 unspecified atom stereocenters. The van der Waals surface area contributed by atoms with E-state index in [1.54, 1.807) is 20.8 Å². The summed E-state index contributed by atoms with van der Waals surface area (Å²) in [4.78, 5) is 18.2. The first-order valence-electron chi connectivity index (χ1n) is 3.30. The summed E-state index contributed by atoms with van der Waals surface area (Å²) >= 11 is 0. The van der Waals surface area contributed by atoms with Crippen molar-refractivity contribution < 1.29 is 0 Å². The summed E-state index contributed by atoms with van der Waals surface area (Å²) < 4.78 is 0. The minimum absolute atomic E-state index is 0.357. The minimum atomic E-state index is 0.357. The van der Waals surface area contributed by atoms with Crippen LogP contribution in [0.4, 0.5) is 5.69 Å². The summed E-state index contributed by atoms with van der Waals surface area (Å²) in [5.41, 5.74) is 1.64. The monoisotopic (exact) mass is 151 g/mol. The first-order chi connectivity index (χ1) is 5.15. The van der Waals surface area contributed by atoms with Gasteiger partial charge in [-0.05, 0) is 25.9 Å². The highest BCUT2D eigenvalue weighted by Gasteiger charge is 2.05. The van der Waals surface area contributed by atoms with Crippen LogP contribution >= 0.6 is 0 Å². The molecule has 11 heavy (non-hydrogen) atoms. The molecule has 58 valence electrons. The van der Waals surface area contributed by atoms with Gasteiger partial charge in [0.25, 0.3) is 0 Å². The molecule has 1 aromatic heterocycles. The fourth-order valence-corrected chi connectivity index (χ4v) is 1.01. The molecule has 0 bridgehead atoms. The van der Waals surface area contributed by atoms with Gasteiger partial charge in [0, 0.05) is 0 Å². The molecule has 0 fully saturated rings. The molecule has 0 saturated heterocycles. The van der Waals surface area contributed by atoms with E-state index < -0.39 is 0 Å². The maximum absolute atomic E-state index is 10.2. The lowest BCUT2D eigenvalue weighted by molar-refractivity contribution is 0.972.